The number of aromatic nitrogens is 4. The Balaban J connectivity index is 1.51. The monoisotopic (exact) mass is 424 g/mol. The van der Waals surface area contributed by atoms with Gasteiger partial charge in [0.05, 0.1) is 0 Å². The molecule has 0 fully saturated rings. The lowest BCUT2D eigenvalue weighted by atomic mass is 9.97. The van der Waals surface area contributed by atoms with Gasteiger partial charge in [0.25, 0.3) is 0 Å². The molecule has 1 aromatic heterocycles. The highest BCUT2D eigenvalue weighted by Gasteiger charge is 2.19. The third-order valence-corrected chi connectivity index (χ3v) is 5.45. The molecule has 0 aliphatic rings. The van der Waals surface area contributed by atoms with Crippen LogP contribution in [-0.2, 0) is 11.3 Å². The Bertz CT molecular complexity index is 927. The molecule has 3 rings (SSSR count). The zero-order valence-electron chi connectivity index (χ0n) is 17.3. The first-order chi connectivity index (χ1) is 14.6. The molecule has 1 amide bonds. The van der Waals surface area contributed by atoms with Crippen molar-refractivity contribution in [3.63, 3.8) is 0 Å². The summed E-state index contributed by atoms with van der Waals surface area (Å²) in [5, 5.41) is 20.5. The summed E-state index contributed by atoms with van der Waals surface area (Å²) in [5.41, 5.74) is 4.32. The number of aromatic amines is 1. The molecule has 158 valence electrons. The number of carbonyl (C=O) groups is 1. The van der Waals surface area contributed by atoms with E-state index in [1.54, 1.807) is 0 Å². The zero-order valence-corrected chi connectivity index (χ0v) is 18.2. The van der Waals surface area contributed by atoms with Gasteiger partial charge in [-0.1, -0.05) is 62.4 Å². The highest BCUT2D eigenvalue weighted by molar-refractivity contribution is 7.80. The van der Waals surface area contributed by atoms with Gasteiger partial charge in [-0.25, -0.2) is 5.10 Å². The van der Waals surface area contributed by atoms with E-state index in [-0.39, 0.29) is 11.8 Å². The van der Waals surface area contributed by atoms with Gasteiger partial charge >= 0.3 is 0 Å². The Morgan fingerprint density at radius 3 is 2.43 bits per heavy atom. The first kappa shape index (κ1) is 22.0. The van der Waals surface area contributed by atoms with Crippen molar-refractivity contribution in [2.24, 2.45) is 11.8 Å². The van der Waals surface area contributed by atoms with Crippen LogP contribution in [0.3, 0.4) is 0 Å². The van der Waals surface area contributed by atoms with Crippen LogP contribution in [0.1, 0.15) is 19.4 Å². The molecule has 0 radical (unpaired) electrons. The molecule has 1 heterocycles. The van der Waals surface area contributed by atoms with Crippen LogP contribution in [0.15, 0.2) is 48.5 Å². The Kier molecular flexibility index (Phi) is 7.98. The van der Waals surface area contributed by atoms with Gasteiger partial charge in [0, 0.05) is 36.9 Å². The maximum atomic E-state index is 12.1. The lowest BCUT2D eigenvalue weighted by Crippen LogP contribution is -2.38. The largest absolute Gasteiger partial charge is 0.355 e. The number of hydrogen-bond acceptors (Lipinski definition) is 6. The summed E-state index contributed by atoms with van der Waals surface area (Å²) >= 11 is 4.28. The van der Waals surface area contributed by atoms with E-state index >= 15 is 0 Å². The molecule has 0 aliphatic carbocycles. The number of carbonyl (C=O) groups excluding carboxylic acids is 1. The first-order valence-electron chi connectivity index (χ1n) is 10.1. The number of thiol groups is 1. The molecule has 0 saturated heterocycles. The van der Waals surface area contributed by atoms with E-state index in [9.17, 15) is 4.79 Å². The van der Waals surface area contributed by atoms with Gasteiger partial charge in [0.15, 0.2) is 5.82 Å². The summed E-state index contributed by atoms with van der Waals surface area (Å²) < 4.78 is 0. The van der Waals surface area contributed by atoms with Crippen molar-refractivity contribution in [1.29, 1.82) is 0 Å². The molecule has 8 heteroatoms. The molecule has 3 N–H and O–H groups in total. The van der Waals surface area contributed by atoms with Gasteiger partial charge in [-0.2, -0.15) is 12.6 Å². The van der Waals surface area contributed by atoms with Gasteiger partial charge in [-0.15, -0.1) is 5.10 Å². The predicted octanol–water partition coefficient (Wildman–Crippen LogP) is 2.94. The van der Waals surface area contributed by atoms with Crippen LogP contribution in [0.4, 0.5) is 0 Å². The van der Waals surface area contributed by atoms with Gasteiger partial charge in [-0.05, 0) is 33.0 Å². The van der Waals surface area contributed by atoms with Crippen molar-refractivity contribution < 1.29 is 4.79 Å². The number of amides is 1. The molecule has 30 heavy (non-hydrogen) atoms. The van der Waals surface area contributed by atoms with E-state index in [0.717, 1.165) is 23.2 Å². The zero-order chi connectivity index (χ0) is 21.3. The van der Waals surface area contributed by atoms with E-state index in [4.69, 9.17) is 0 Å². The maximum absolute atomic E-state index is 12.1. The van der Waals surface area contributed by atoms with Crippen molar-refractivity contribution in [2.75, 3.05) is 18.8 Å². The highest BCUT2D eigenvalue weighted by atomic mass is 32.1. The van der Waals surface area contributed by atoms with Crippen molar-refractivity contribution in [3.8, 4) is 22.5 Å². The molecule has 0 spiro atoms. The van der Waals surface area contributed by atoms with Crippen molar-refractivity contribution >= 4 is 18.5 Å². The summed E-state index contributed by atoms with van der Waals surface area (Å²) in [5.74, 6) is 1.54. The van der Waals surface area contributed by atoms with E-state index in [2.05, 4.69) is 74.2 Å². The second-order valence-corrected chi connectivity index (χ2v) is 7.86. The van der Waals surface area contributed by atoms with Crippen LogP contribution in [0, 0.1) is 11.8 Å². The van der Waals surface area contributed by atoms with Gasteiger partial charge in [0.2, 0.25) is 5.91 Å². The molecule has 0 saturated carbocycles. The normalized spacial score (nSPS) is 12.1. The van der Waals surface area contributed by atoms with Crippen LogP contribution in [0.2, 0.25) is 0 Å². The van der Waals surface area contributed by atoms with Crippen LogP contribution in [0.5, 0.6) is 0 Å². The number of H-pyrrole nitrogens is 1. The Labute approximate surface area is 182 Å². The third-order valence-electron chi connectivity index (χ3n) is 5.06. The minimum atomic E-state index is -0.0449. The van der Waals surface area contributed by atoms with Crippen LogP contribution in [0.25, 0.3) is 22.5 Å². The molecular formula is C22H28N6OS. The van der Waals surface area contributed by atoms with Crippen molar-refractivity contribution in [3.05, 3.63) is 54.1 Å². The fourth-order valence-electron chi connectivity index (χ4n) is 3.25. The summed E-state index contributed by atoms with van der Waals surface area (Å²) in [4.78, 5) is 12.1. The highest BCUT2D eigenvalue weighted by Crippen LogP contribution is 2.29. The second kappa shape index (κ2) is 10.9. The Hall–Kier alpha value is -2.71. The molecule has 0 bridgehead atoms. The van der Waals surface area contributed by atoms with E-state index in [0.29, 0.717) is 30.6 Å². The first-order valence-corrected chi connectivity index (χ1v) is 10.7. The van der Waals surface area contributed by atoms with Gasteiger partial charge < -0.3 is 10.6 Å². The summed E-state index contributed by atoms with van der Waals surface area (Å²) in [6, 6.07) is 16.4. The SMILES string of the molecule is CC(C)C(CS)C(=O)NCCNCc1ccc(-c2ccccc2-c2nnn[nH]2)cc1. The number of rotatable bonds is 10. The van der Waals surface area contributed by atoms with Crippen molar-refractivity contribution in [1.82, 2.24) is 31.3 Å². The van der Waals surface area contributed by atoms with E-state index in [1.807, 2.05) is 32.0 Å². The predicted molar refractivity (Wildman–Crippen MR) is 122 cm³/mol. The standard InChI is InChI=1S/C22H28N6OS/c1-15(2)20(14-30)22(29)24-12-11-23-13-16-7-9-17(10-8-16)18-5-3-4-6-19(18)21-25-27-28-26-21/h3-10,15,20,23,30H,11-14H2,1-2H3,(H,24,29)(H,25,26,27,28). The van der Waals surface area contributed by atoms with Crippen LogP contribution >= 0.6 is 12.6 Å². The molecule has 3 aromatic rings. The maximum Gasteiger partial charge on any atom is 0.224 e. The van der Waals surface area contributed by atoms with Gasteiger partial charge in [-0.3, -0.25) is 4.79 Å². The quantitative estimate of drug-likeness (QED) is 0.296. The van der Waals surface area contributed by atoms with Gasteiger partial charge in [0.1, 0.15) is 0 Å². The lowest BCUT2D eigenvalue weighted by Gasteiger charge is -2.18. The molecule has 7 nitrogen and oxygen atoms in total. The van der Waals surface area contributed by atoms with E-state index < -0.39 is 0 Å². The number of benzene rings is 2. The van der Waals surface area contributed by atoms with E-state index in [1.165, 1.54) is 5.56 Å². The number of tetrazole rings is 1. The summed E-state index contributed by atoms with van der Waals surface area (Å²) in [6.07, 6.45) is 0. The number of nitrogens with one attached hydrogen (secondary N) is 3. The minimum absolute atomic E-state index is 0.0449. The third kappa shape index (κ3) is 5.67. The van der Waals surface area contributed by atoms with Crippen LogP contribution < -0.4 is 10.6 Å². The average Bonchev–Trinajstić information content (AvgIpc) is 3.29. The lowest BCUT2D eigenvalue weighted by molar-refractivity contribution is -0.125. The number of nitrogens with zero attached hydrogens (tertiary/aromatic N) is 3. The fourth-order valence-corrected chi connectivity index (χ4v) is 3.84. The van der Waals surface area contributed by atoms with Crippen molar-refractivity contribution in [2.45, 2.75) is 20.4 Å². The minimum Gasteiger partial charge on any atom is -0.355 e. The molecule has 1 unspecified atom stereocenters. The summed E-state index contributed by atoms with van der Waals surface area (Å²) in [7, 11) is 0. The second-order valence-electron chi connectivity index (χ2n) is 7.49. The molecule has 2 aromatic carbocycles. The Morgan fingerprint density at radius 1 is 1.07 bits per heavy atom. The average molecular weight is 425 g/mol. The van der Waals surface area contributed by atoms with Crippen LogP contribution in [-0.4, -0.2) is 45.4 Å². The fraction of sp³-hybridized carbons (Fsp3) is 0.364. The topological polar surface area (TPSA) is 95.6 Å². The Morgan fingerprint density at radius 2 is 1.80 bits per heavy atom. The molecular weight excluding hydrogens is 396 g/mol. The summed E-state index contributed by atoms with van der Waals surface area (Å²) in [6.45, 7) is 6.15. The molecule has 0 aliphatic heterocycles. The number of hydrogen-bond donors (Lipinski definition) is 4. The smallest absolute Gasteiger partial charge is 0.224 e. The molecule has 1 atom stereocenters.